The number of rotatable bonds is 5. The van der Waals surface area contributed by atoms with Crippen molar-refractivity contribution in [3.05, 3.63) is 47.6 Å². The number of fused-ring (bicyclic) bond motifs is 1. The Bertz CT molecular complexity index is 712. The molecule has 3 aliphatic rings. The van der Waals surface area contributed by atoms with Crippen molar-refractivity contribution >= 4 is 0 Å². The largest absolute Gasteiger partial charge is 0.393 e. The Labute approximate surface area is 184 Å². The fraction of sp³-hybridized carbons (Fsp3) is 0.714. The zero-order valence-corrected chi connectivity index (χ0v) is 19.9. The van der Waals surface area contributed by atoms with E-state index in [9.17, 15) is 10.2 Å². The smallest absolute Gasteiger partial charge is 0.0811 e. The molecular formula is C28H44O2. The molecular weight excluding hydrogens is 368 g/mol. The molecule has 2 N–H and O–H groups in total. The van der Waals surface area contributed by atoms with E-state index in [2.05, 4.69) is 65.5 Å². The predicted molar refractivity (Wildman–Crippen MR) is 127 cm³/mol. The Morgan fingerprint density at radius 1 is 1.07 bits per heavy atom. The normalized spacial score (nSPS) is 39.8. The summed E-state index contributed by atoms with van der Waals surface area (Å²) in [6.45, 7) is 16.0. The van der Waals surface area contributed by atoms with Crippen molar-refractivity contribution in [1.82, 2.24) is 0 Å². The molecule has 3 saturated carbocycles. The van der Waals surface area contributed by atoms with Gasteiger partial charge in [0.25, 0.3) is 0 Å². The highest BCUT2D eigenvalue weighted by molar-refractivity contribution is 5.38. The Morgan fingerprint density at radius 2 is 1.80 bits per heavy atom. The molecule has 0 amide bonds. The Hall–Kier alpha value is -1.12. The molecule has 0 aromatic carbocycles. The van der Waals surface area contributed by atoms with E-state index in [0.29, 0.717) is 41.9 Å². The molecule has 2 heteroatoms. The molecule has 7 atom stereocenters. The lowest BCUT2D eigenvalue weighted by atomic mass is 9.61. The van der Waals surface area contributed by atoms with Crippen LogP contribution in [0.4, 0.5) is 0 Å². The number of hydrogen-bond acceptors (Lipinski definition) is 2. The molecule has 3 rings (SSSR count). The first-order chi connectivity index (χ1) is 14.1. The van der Waals surface area contributed by atoms with Gasteiger partial charge in [0.1, 0.15) is 0 Å². The van der Waals surface area contributed by atoms with Crippen molar-refractivity contribution in [1.29, 1.82) is 0 Å². The van der Waals surface area contributed by atoms with E-state index in [1.807, 2.05) is 0 Å². The van der Waals surface area contributed by atoms with Gasteiger partial charge in [-0.15, -0.1) is 0 Å². The summed E-state index contributed by atoms with van der Waals surface area (Å²) in [4.78, 5) is 0. The quantitative estimate of drug-likeness (QED) is 0.499. The van der Waals surface area contributed by atoms with E-state index in [4.69, 9.17) is 0 Å². The zero-order chi connectivity index (χ0) is 22.1. The monoisotopic (exact) mass is 412 g/mol. The average molecular weight is 413 g/mol. The van der Waals surface area contributed by atoms with Crippen LogP contribution in [0.5, 0.6) is 0 Å². The van der Waals surface area contributed by atoms with Gasteiger partial charge in [0.15, 0.2) is 0 Å². The molecule has 3 fully saturated rings. The molecule has 0 radical (unpaired) electrons. The maximum atomic E-state index is 10.1. The average Bonchev–Trinajstić information content (AvgIpc) is 3.04. The second kappa shape index (κ2) is 9.57. The van der Waals surface area contributed by atoms with Crippen LogP contribution in [-0.2, 0) is 0 Å². The minimum absolute atomic E-state index is 0.385. The second-order valence-corrected chi connectivity index (χ2v) is 11.0. The topological polar surface area (TPSA) is 40.5 Å². The number of aliphatic hydroxyl groups excluding tert-OH is 2. The summed E-state index contributed by atoms with van der Waals surface area (Å²) < 4.78 is 0. The maximum absolute atomic E-state index is 10.1. The van der Waals surface area contributed by atoms with Gasteiger partial charge in [-0.2, -0.15) is 0 Å². The van der Waals surface area contributed by atoms with Crippen LogP contribution in [0.1, 0.15) is 79.6 Å². The van der Waals surface area contributed by atoms with Gasteiger partial charge in [0.2, 0.25) is 0 Å². The maximum Gasteiger partial charge on any atom is 0.0811 e. The van der Waals surface area contributed by atoms with Gasteiger partial charge in [-0.3, -0.25) is 0 Å². The first-order valence-corrected chi connectivity index (χ1v) is 12.3. The van der Waals surface area contributed by atoms with Crippen LogP contribution in [0.25, 0.3) is 0 Å². The van der Waals surface area contributed by atoms with Crippen LogP contribution in [0, 0.1) is 35.0 Å². The third-order valence-corrected chi connectivity index (χ3v) is 8.71. The van der Waals surface area contributed by atoms with Crippen molar-refractivity contribution in [2.45, 2.75) is 91.8 Å². The van der Waals surface area contributed by atoms with E-state index in [0.717, 1.165) is 17.1 Å². The van der Waals surface area contributed by atoms with Crippen LogP contribution in [-0.4, -0.2) is 22.4 Å². The van der Waals surface area contributed by atoms with E-state index >= 15 is 0 Å². The van der Waals surface area contributed by atoms with Gasteiger partial charge < -0.3 is 10.2 Å². The summed E-state index contributed by atoms with van der Waals surface area (Å²) in [5.41, 5.74) is 3.77. The van der Waals surface area contributed by atoms with E-state index < -0.39 is 12.2 Å². The first kappa shape index (κ1) is 23.5. The molecule has 0 aromatic rings. The Kier molecular flexibility index (Phi) is 7.51. The van der Waals surface area contributed by atoms with Crippen LogP contribution in [0.15, 0.2) is 47.6 Å². The first-order valence-electron chi connectivity index (χ1n) is 12.3. The molecule has 30 heavy (non-hydrogen) atoms. The second-order valence-electron chi connectivity index (χ2n) is 11.0. The molecule has 0 aliphatic heterocycles. The summed E-state index contributed by atoms with van der Waals surface area (Å²) in [7, 11) is 0. The molecule has 4 unspecified atom stereocenters. The Balaban J connectivity index is 1.76. The fourth-order valence-electron chi connectivity index (χ4n) is 6.32. The van der Waals surface area contributed by atoms with Gasteiger partial charge in [0, 0.05) is 6.42 Å². The summed E-state index contributed by atoms with van der Waals surface area (Å²) in [5.74, 6) is 3.38. The van der Waals surface area contributed by atoms with Gasteiger partial charge in [0.05, 0.1) is 12.2 Å². The highest BCUT2D eigenvalue weighted by atomic mass is 16.3. The van der Waals surface area contributed by atoms with Gasteiger partial charge >= 0.3 is 0 Å². The summed E-state index contributed by atoms with van der Waals surface area (Å²) in [5, 5.41) is 20.2. The molecule has 2 nitrogen and oxygen atoms in total. The number of aliphatic hydroxyl groups is 2. The fourth-order valence-corrected chi connectivity index (χ4v) is 6.32. The standard InChI is InChI=1S/C28H44O2/c1-18(2)19(3)9-10-20(4)25-13-14-26-22(8-7-15-28(25,26)6)11-12-23-16-24(29)17-27(30)21(23)5/h9-12,18-20,24-27,29-30H,5,7-8,13-17H2,1-4,6H3/b10-9+,22-11-,23-12+/t19?,20-,24-,25?,26?,27+,28?/m1/s1. The van der Waals surface area contributed by atoms with Gasteiger partial charge in [-0.25, -0.2) is 0 Å². The van der Waals surface area contributed by atoms with Gasteiger partial charge in [-0.05, 0) is 84.7 Å². The minimum Gasteiger partial charge on any atom is -0.393 e. The number of hydrogen-bond donors (Lipinski definition) is 2. The highest BCUT2D eigenvalue weighted by Crippen LogP contribution is 2.59. The van der Waals surface area contributed by atoms with Crippen molar-refractivity contribution in [2.24, 2.45) is 35.0 Å². The summed E-state index contributed by atoms with van der Waals surface area (Å²) in [6, 6.07) is 0. The molecule has 3 aliphatic carbocycles. The van der Waals surface area contributed by atoms with Crippen molar-refractivity contribution in [3.63, 3.8) is 0 Å². The van der Waals surface area contributed by atoms with Crippen LogP contribution >= 0.6 is 0 Å². The number of allylic oxidation sites excluding steroid dienone is 5. The highest BCUT2D eigenvalue weighted by Gasteiger charge is 2.50. The van der Waals surface area contributed by atoms with Crippen molar-refractivity contribution in [3.8, 4) is 0 Å². The lowest BCUT2D eigenvalue weighted by Gasteiger charge is -2.44. The SMILES string of the molecule is C=C1/C(=C/C=C2/CCCC3(C)C2CCC3[C@H](C)/C=C/C(C)C(C)C)C[C@@H](O)C[C@@H]1O. The van der Waals surface area contributed by atoms with Gasteiger partial charge in [-0.1, -0.05) is 71.1 Å². The molecule has 0 spiro atoms. The molecule has 168 valence electrons. The molecule has 0 bridgehead atoms. The van der Waals surface area contributed by atoms with Crippen molar-refractivity contribution in [2.75, 3.05) is 0 Å². The third kappa shape index (κ3) is 4.86. The predicted octanol–water partition coefficient (Wildman–Crippen LogP) is 6.61. The molecule has 0 aromatic heterocycles. The van der Waals surface area contributed by atoms with Crippen LogP contribution < -0.4 is 0 Å². The lowest BCUT2D eigenvalue weighted by Crippen LogP contribution is -2.35. The van der Waals surface area contributed by atoms with E-state index in [-0.39, 0.29) is 0 Å². The van der Waals surface area contributed by atoms with Crippen molar-refractivity contribution < 1.29 is 10.2 Å². The van der Waals surface area contributed by atoms with E-state index in [1.54, 1.807) is 5.57 Å². The van der Waals surface area contributed by atoms with Crippen LogP contribution in [0.2, 0.25) is 0 Å². The zero-order valence-electron chi connectivity index (χ0n) is 19.9. The minimum atomic E-state index is -0.605. The molecule has 0 saturated heterocycles. The van der Waals surface area contributed by atoms with Crippen LogP contribution in [0.3, 0.4) is 0 Å². The summed E-state index contributed by atoms with van der Waals surface area (Å²) in [6.07, 6.45) is 15.8. The van der Waals surface area contributed by atoms with E-state index in [1.165, 1.54) is 32.1 Å². The molecule has 0 heterocycles. The summed E-state index contributed by atoms with van der Waals surface area (Å²) >= 11 is 0. The lowest BCUT2D eigenvalue weighted by molar-refractivity contribution is 0.0862. The Morgan fingerprint density at radius 3 is 2.50 bits per heavy atom. The third-order valence-electron chi connectivity index (χ3n) is 8.71.